The molecule has 0 aliphatic rings. The first kappa shape index (κ1) is 16.1. The van der Waals surface area contributed by atoms with Gasteiger partial charge in [-0.1, -0.05) is 39.5 Å². The van der Waals surface area contributed by atoms with Gasteiger partial charge in [0.1, 0.15) is 0 Å². The van der Waals surface area contributed by atoms with Crippen molar-refractivity contribution in [2.75, 3.05) is 0 Å². The van der Waals surface area contributed by atoms with Crippen molar-refractivity contribution in [3.8, 4) is 0 Å². The van der Waals surface area contributed by atoms with Crippen LogP contribution < -0.4 is 0 Å². The number of rotatable bonds is 9. The highest BCUT2D eigenvalue weighted by Gasteiger charge is 2.25. The Bertz CT molecular complexity index is 206. The van der Waals surface area contributed by atoms with Crippen LogP contribution in [0.4, 0.5) is 0 Å². The van der Waals surface area contributed by atoms with Gasteiger partial charge in [0.25, 0.3) is 0 Å². The summed E-state index contributed by atoms with van der Waals surface area (Å²) >= 11 is 0. The zero-order chi connectivity index (χ0) is 12.6. The molecule has 5 heteroatoms. The van der Waals surface area contributed by atoms with Crippen molar-refractivity contribution in [2.45, 2.75) is 65.4 Å². The Balaban J connectivity index is 4.19. The van der Waals surface area contributed by atoms with Gasteiger partial charge in [-0.15, -0.1) is 0 Å². The molecule has 0 rings (SSSR count). The van der Waals surface area contributed by atoms with Crippen LogP contribution in [0.25, 0.3) is 0 Å². The molecule has 0 aromatic carbocycles. The Morgan fingerprint density at radius 1 is 1.12 bits per heavy atom. The van der Waals surface area contributed by atoms with Crippen molar-refractivity contribution in [3.63, 3.8) is 0 Å². The van der Waals surface area contributed by atoms with Crippen molar-refractivity contribution >= 4 is 7.82 Å². The van der Waals surface area contributed by atoms with Gasteiger partial charge in [-0.05, 0) is 25.7 Å². The van der Waals surface area contributed by atoms with E-state index in [-0.39, 0.29) is 12.0 Å². The third-order valence-corrected chi connectivity index (χ3v) is 3.43. The highest BCUT2D eigenvalue weighted by molar-refractivity contribution is 7.46. The number of hydrogen-bond acceptors (Lipinski definition) is 2. The predicted octanol–water partition coefficient (Wildman–Crippen LogP) is 3.48. The molecule has 0 aliphatic carbocycles. The lowest BCUT2D eigenvalue weighted by Crippen LogP contribution is -2.20. The fraction of sp³-hybridized carbons (Fsp3) is 1.00. The van der Waals surface area contributed by atoms with E-state index in [0.717, 1.165) is 38.5 Å². The van der Waals surface area contributed by atoms with E-state index in [2.05, 4.69) is 13.8 Å². The first-order valence-corrected chi connectivity index (χ1v) is 7.67. The van der Waals surface area contributed by atoms with Gasteiger partial charge in [-0.25, -0.2) is 4.57 Å². The van der Waals surface area contributed by atoms with E-state index in [4.69, 9.17) is 14.3 Å². The van der Waals surface area contributed by atoms with Gasteiger partial charge in [-0.3, -0.25) is 4.52 Å². The van der Waals surface area contributed by atoms with Gasteiger partial charge in [0.05, 0.1) is 6.10 Å². The molecule has 0 spiro atoms. The Morgan fingerprint density at radius 3 is 1.88 bits per heavy atom. The maximum atomic E-state index is 10.8. The molecule has 0 radical (unpaired) electrons. The summed E-state index contributed by atoms with van der Waals surface area (Å²) in [6.45, 7) is 5.99. The van der Waals surface area contributed by atoms with Gasteiger partial charge in [0.15, 0.2) is 0 Å². The summed E-state index contributed by atoms with van der Waals surface area (Å²) in [6, 6.07) is 0. The maximum Gasteiger partial charge on any atom is 0.469 e. The maximum absolute atomic E-state index is 10.8. The van der Waals surface area contributed by atoms with E-state index in [0.29, 0.717) is 0 Å². The van der Waals surface area contributed by atoms with E-state index in [9.17, 15) is 4.57 Å². The predicted molar refractivity (Wildman–Crippen MR) is 65.1 cm³/mol. The highest BCUT2D eigenvalue weighted by atomic mass is 31.2. The molecule has 16 heavy (non-hydrogen) atoms. The molecule has 0 saturated heterocycles. The molecule has 98 valence electrons. The van der Waals surface area contributed by atoms with Crippen LogP contribution in [0, 0.1) is 5.92 Å². The van der Waals surface area contributed by atoms with Gasteiger partial charge in [0, 0.05) is 0 Å². The second-order valence-corrected chi connectivity index (χ2v) is 5.54. The van der Waals surface area contributed by atoms with E-state index < -0.39 is 7.82 Å². The zero-order valence-corrected chi connectivity index (χ0v) is 11.4. The lowest BCUT2D eigenvalue weighted by Gasteiger charge is -2.24. The number of phosphoric acid groups is 1. The Labute approximate surface area is 98.6 Å². The van der Waals surface area contributed by atoms with Crippen LogP contribution in [-0.2, 0) is 9.09 Å². The van der Waals surface area contributed by atoms with Crippen LogP contribution in [0.5, 0.6) is 0 Å². The Morgan fingerprint density at radius 2 is 1.56 bits per heavy atom. The lowest BCUT2D eigenvalue weighted by molar-refractivity contribution is 0.0912. The summed E-state index contributed by atoms with van der Waals surface area (Å²) < 4.78 is 15.5. The third kappa shape index (κ3) is 8.28. The summed E-state index contributed by atoms with van der Waals surface area (Å²) in [5.74, 6) is 0.257. The van der Waals surface area contributed by atoms with Gasteiger partial charge in [0.2, 0.25) is 0 Å². The molecular formula is C11H25O4P. The molecule has 4 nitrogen and oxygen atoms in total. The molecule has 0 amide bonds. The minimum Gasteiger partial charge on any atom is -0.303 e. The highest BCUT2D eigenvalue weighted by Crippen LogP contribution is 2.40. The average Bonchev–Trinajstić information content (AvgIpc) is 2.15. The second kappa shape index (κ2) is 8.24. The first-order valence-electron chi connectivity index (χ1n) is 6.14. The number of phosphoric ester groups is 1. The fourth-order valence-electron chi connectivity index (χ4n) is 1.85. The monoisotopic (exact) mass is 252 g/mol. The van der Waals surface area contributed by atoms with Gasteiger partial charge in [-0.2, -0.15) is 0 Å². The SMILES string of the molecule is CCCCC(CCCC)C(C)OP(=O)(O)O. The van der Waals surface area contributed by atoms with Gasteiger partial charge >= 0.3 is 7.82 Å². The summed E-state index contributed by atoms with van der Waals surface area (Å²) in [4.78, 5) is 17.6. The topological polar surface area (TPSA) is 66.8 Å². The van der Waals surface area contributed by atoms with Crippen molar-refractivity contribution in [1.29, 1.82) is 0 Å². The molecule has 1 unspecified atom stereocenters. The standard InChI is InChI=1S/C11H25O4P/c1-4-6-8-11(9-7-5-2)10(3)15-16(12,13)14/h10-11H,4-9H2,1-3H3,(H2,12,13,14). The molecule has 2 N–H and O–H groups in total. The molecule has 0 heterocycles. The number of unbranched alkanes of at least 4 members (excludes halogenated alkanes) is 2. The Hall–Kier alpha value is 0.110. The minimum atomic E-state index is -4.34. The zero-order valence-electron chi connectivity index (χ0n) is 10.6. The molecule has 0 aromatic heterocycles. The quantitative estimate of drug-likeness (QED) is 0.616. The van der Waals surface area contributed by atoms with E-state index in [1.165, 1.54) is 0 Å². The molecular weight excluding hydrogens is 227 g/mol. The Kier molecular flexibility index (Phi) is 8.29. The van der Waals surface area contributed by atoms with Crippen LogP contribution in [0.15, 0.2) is 0 Å². The largest absolute Gasteiger partial charge is 0.469 e. The molecule has 0 fully saturated rings. The second-order valence-electron chi connectivity index (χ2n) is 4.35. The first-order chi connectivity index (χ1) is 7.40. The summed E-state index contributed by atoms with van der Waals surface area (Å²) in [5.41, 5.74) is 0. The van der Waals surface area contributed by atoms with Crippen molar-refractivity contribution in [2.24, 2.45) is 5.92 Å². The average molecular weight is 252 g/mol. The molecule has 0 saturated carbocycles. The van der Waals surface area contributed by atoms with Crippen LogP contribution in [0.3, 0.4) is 0 Å². The van der Waals surface area contributed by atoms with E-state index in [1.54, 1.807) is 6.92 Å². The fourth-order valence-corrected chi connectivity index (χ4v) is 2.45. The smallest absolute Gasteiger partial charge is 0.303 e. The van der Waals surface area contributed by atoms with E-state index >= 15 is 0 Å². The normalized spacial score (nSPS) is 14.4. The van der Waals surface area contributed by atoms with E-state index in [1.807, 2.05) is 0 Å². The lowest BCUT2D eigenvalue weighted by atomic mass is 9.92. The van der Waals surface area contributed by atoms with Crippen LogP contribution >= 0.6 is 7.82 Å². The van der Waals surface area contributed by atoms with Crippen molar-refractivity contribution in [3.05, 3.63) is 0 Å². The molecule has 0 aromatic rings. The van der Waals surface area contributed by atoms with Crippen LogP contribution in [0.1, 0.15) is 59.3 Å². The third-order valence-electron chi connectivity index (χ3n) is 2.82. The summed E-state index contributed by atoms with van der Waals surface area (Å²) in [5, 5.41) is 0. The molecule has 0 aliphatic heterocycles. The summed E-state index contributed by atoms with van der Waals surface area (Å²) in [7, 11) is -4.34. The molecule has 0 bridgehead atoms. The summed E-state index contributed by atoms with van der Waals surface area (Å²) in [6.07, 6.45) is 5.98. The molecule has 1 atom stereocenters. The van der Waals surface area contributed by atoms with Gasteiger partial charge < -0.3 is 9.79 Å². The van der Waals surface area contributed by atoms with Crippen LogP contribution in [0.2, 0.25) is 0 Å². The van der Waals surface area contributed by atoms with Crippen LogP contribution in [-0.4, -0.2) is 15.9 Å². The van der Waals surface area contributed by atoms with Crippen molar-refractivity contribution < 1.29 is 18.9 Å². The van der Waals surface area contributed by atoms with Crippen molar-refractivity contribution in [1.82, 2.24) is 0 Å². The number of hydrogen-bond donors (Lipinski definition) is 2. The minimum absolute atomic E-state index is 0.257.